The Labute approximate surface area is 127 Å². The maximum atomic E-state index is 11.3. The van der Waals surface area contributed by atoms with Crippen molar-refractivity contribution >= 4 is 29.1 Å². The van der Waals surface area contributed by atoms with Crippen LogP contribution in [0.5, 0.6) is 0 Å². The average molecular weight is 307 g/mol. The van der Waals surface area contributed by atoms with Gasteiger partial charge in [0.15, 0.2) is 0 Å². The van der Waals surface area contributed by atoms with Crippen LogP contribution >= 0.6 is 23.1 Å². The van der Waals surface area contributed by atoms with Crippen molar-refractivity contribution in [2.45, 2.75) is 12.7 Å². The van der Waals surface area contributed by atoms with E-state index in [0.29, 0.717) is 0 Å². The van der Waals surface area contributed by atoms with Crippen LogP contribution in [0, 0.1) is 5.92 Å². The van der Waals surface area contributed by atoms with Crippen molar-refractivity contribution in [2.24, 2.45) is 5.92 Å². The second kappa shape index (κ2) is 7.45. The summed E-state index contributed by atoms with van der Waals surface area (Å²) >= 11 is 3.37. The van der Waals surface area contributed by atoms with Gasteiger partial charge in [0.25, 0.3) is 0 Å². The number of thioether (sulfide) groups is 1. The van der Waals surface area contributed by atoms with Gasteiger partial charge in [0.1, 0.15) is 5.01 Å². The largest absolute Gasteiger partial charge is 0.469 e. The molecule has 2 aromatic rings. The van der Waals surface area contributed by atoms with E-state index in [0.717, 1.165) is 27.8 Å². The average Bonchev–Trinajstić information content (AvgIpc) is 2.96. The van der Waals surface area contributed by atoms with Crippen LogP contribution in [0.4, 0.5) is 0 Å². The summed E-state index contributed by atoms with van der Waals surface area (Å²) in [5.41, 5.74) is 2.22. The molecule has 5 heteroatoms. The first-order valence-corrected chi connectivity index (χ1v) is 8.39. The van der Waals surface area contributed by atoms with Crippen molar-refractivity contribution in [3.05, 3.63) is 41.4 Å². The molecule has 20 heavy (non-hydrogen) atoms. The zero-order valence-corrected chi connectivity index (χ0v) is 13.2. The minimum atomic E-state index is -0.152. The molecule has 1 aromatic heterocycles. The standard InChI is InChI=1S/C15H17NO2S2/c1-11(15(17)18-2)8-19-9-13-10-20-14(16-13)12-6-4-3-5-7-12/h3-7,10-11H,8-9H2,1-2H3. The van der Waals surface area contributed by atoms with Gasteiger partial charge in [0.05, 0.1) is 18.7 Å². The molecule has 0 radical (unpaired) electrons. The summed E-state index contributed by atoms with van der Waals surface area (Å²) in [6, 6.07) is 10.2. The summed E-state index contributed by atoms with van der Waals surface area (Å²) < 4.78 is 4.71. The Morgan fingerprint density at radius 2 is 2.15 bits per heavy atom. The second-order valence-electron chi connectivity index (χ2n) is 4.45. The van der Waals surface area contributed by atoms with Gasteiger partial charge < -0.3 is 4.74 Å². The quantitative estimate of drug-likeness (QED) is 0.760. The van der Waals surface area contributed by atoms with Crippen LogP contribution in [0.1, 0.15) is 12.6 Å². The highest BCUT2D eigenvalue weighted by Crippen LogP contribution is 2.25. The van der Waals surface area contributed by atoms with Crippen LogP contribution in [-0.4, -0.2) is 23.8 Å². The number of carbonyl (C=O) groups excluding carboxylic acids is 1. The lowest BCUT2D eigenvalue weighted by Crippen LogP contribution is -2.14. The third-order valence-electron chi connectivity index (χ3n) is 2.79. The summed E-state index contributed by atoms with van der Waals surface area (Å²) in [5, 5.41) is 3.13. The molecule has 0 saturated heterocycles. The molecular formula is C15H17NO2S2. The van der Waals surface area contributed by atoms with Crippen molar-refractivity contribution in [1.82, 2.24) is 4.98 Å². The van der Waals surface area contributed by atoms with Crippen molar-refractivity contribution < 1.29 is 9.53 Å². The van der Waals surface area contributed by atoms with Gasteiger partial charge >= 0.3 is 5.97 Å². The zero-order chi connectivity index (χ0) is 14.4. The normalized spacial score (nSPS) is 12.1. The molecule has 0 spiro atoms. The van der Waals surface area contributed by atoms with Gasteiger partial charge in [-0.15, -0.1) is 11.3 Å². The Balaban J connectivity index is 1.86. The monoisotopic (exact) mass is 307 g/mol. The maximum absolute atomic E-state index is 11.3. The highest BCUT2D eigenvalue weighted by molar-refractivity contribution is 7.98. The van der Waals surface area contributed by atoms with E-state index in [4.69, 9.17) is 4.74 Å². The van der Waals surface area contributed by atoms with Crippen LogP contribution < -0.4 is 0 Å². The molecule has 1 atom stereocenters. The molecule has 0 bridgehead atoms. The van der Waals surface area contributed by atoms with Gasteiger partial charge in [-0.2, -0.15) is 11.8 Å². The Bertz CT molecular complexity index is 554. The van der Waals surface area contributed by atoms with Crippen molar-refractivity contribution in [3.63, 3.8) is 0 Å². The first-order chi connectivity index (χ1) is 9.70. The number of methoxy groups -OCH3 is 1. The molecule has 0 N–H and O–H groups in total. The Kier molecular flexibility index (Phi) is 5.61. The number of hydrogen-bond acceptors (Lipinski definition) is 5. The molecule has 1 heterocycles. The predicted octanol–water partition coefficient (Wildman–Crippen LogP) is 3.85. The lowest BCUT2D eigenvalue weighted by molar-refractivity contribution is -0.143. The summed E-state index contributed by atoms with van der Waals surface area (Å²) in [4.78, 5) is 15.9. The Hall–Kier alpha value is -1.33. The second-order valence-corrected chi connectivity index (χ2v) is 6.34. The molecule has 106 valence electrons. The van der Waals surface area contributed by atoms with Gasteiger partial charge in [-0.3, -0.25) is 4.79 Å². The number of thiazole rings is 1. The summed E-state index contributed by atoms with van der Waals surface area (Å²) in [6.45, 7) is 1.88. The van der Waals surface area contributed by atoms with Crippen molar-refractivity contribution in [1.29, 1.82) is 0 Å². The Morgan fingerprint density at radius 1 is 1.40 bits per heavy atom. The maximum Gasteiger partial charge on any atom is 0.309 e. The molecule has 1 unspecified atom stereocenters. The number of aromatic nitrogens is 1. The molecule has 0 aliphatic heterocycles. The molecule has 0 amide bonds. The number of hydrogen-bond donors (Lipinski definition) is 0. The molecule has 0 fully saturated rings. The SMILES string of the molecule is COC(=O)C(C)CSCc1csc(-c2ccccc2)n1. The fraction of sp³-hybridized carbons (Fsp3) is 0.333. The highest BCUT2D eigenvalue weighted by Gasteiger charge is 2.13. The molecule has 3 nitrogen and oxygen atoms in total. The van der Waals surface area contributed by atoms with E-state index in [-0.39, 0.29) is 11.9 Å². The molecule has 2 rings (SSSR count). The molecule has 0 aliphatic rings. The highest BCUT2D eigenvalue weighted by atomic mass is 32.2. The molecule has 0 saturated carbocycles. The van der Waals surface area contributed by atoms with Gasteiger partial charge in [-0.05, 0) is 0 Å². The van der Waals surface area contributed by atoms with Crippen LogP contribution in [0.3, 0.4) is 0 Å². The molecular weight excluding hydrogens is 290 g/mol. The smallest absolute Gasteiger partial charge is 0.309 e. The lowest BCUT2D eigenvalue weighted by Gasteiger charge is -2.07. The predicted molar refractivity (Wildman–Crippen MR) is 84.9 cm³/mol. The molecule has 1 aromatic carbocycles. The summed E-state index contributed by atoms with van der Waals surface area (Å²) in [7, 11) is 1.43. The fourth-order valence-corrected chi connectivity index (χ4v) is 3.59. The first-order valence-electron chi connectivity index (χ1n) is 6.36. The van der Waals surface area contributed by atoms with E-state index in [9.17, 15) is 4.79 Å². The van der Waals surface area contributed by atoms with Gasteiger partial charge in [-0.1, -0.05) is 37.3 Å². The minimum Gasteiger partial charge on any atom is -0.469 e. The zero-order valence-electron chi connectivity index (χ0n) is 11.5. The topological polar surface area (TPSA) is 39.2 Å². The van der Waals surface area contributed by atoms with Gasteiger partial charge in [-0.25, -0.2) is 4.98 Å². The fourth-order valence-electron chi connectivity index (χ4n) is 1.70. The third-order valence-corrected chi connectivity index (χ3v) is 4.97. The summed E-state index contributed by atoms with van der Waals surface area (Å²) in [5.74, 6) is 1.35. The number of esters is 1. The van der Waals surface area contributed by atoms with E-state index in [1.807, 2.05) is 25.1 Å². The van der Waals surface area contributed by atoms with Crippen molar-refractivity contribution in [3.8, 4) is 10.6 Å². The number of benzene rings is 1. The third kappa shape index (κ3) is 4.08. The number of rotatable bonds is 6. The number of nitrogens with zero attached hydrogens (tertiary/aromatic N) is 1. The van der Waals surface area contributed by atoms with Gasteiger partial charge in [0, 0.05) is 22.4 Å². The Morgan fingerprint density at radius 3 is 2.85 bits per heavy atom. The lowest BCUT2D eigenvalue weighted by atomic mass is 10.2. The summed E-state index contributed by atoms with van der Waals surface area (Å²) in [6.07, 6.45) is 0. The van der Waals surface area contributed by atoms with Crippen LogP contribution in [0.2, 0.25) is 0 Å². The van der Waals surface area contributed by atoms with Crippen LogP contribution in [0.15, 0.2) is 35.7 Å². The van der Waals surface area contributed by atoms with E-state index in [1.54, 1.807) is 23.1 Å². The van der Waals surface area contributed by atoms with E-state index in [1.165, 1.54) is 7.11 Å². The minimum absolute atomic E-state index is 0.0720. The number of ether oxygens (including phenoxy) is 1. The number of carbonyl (C=O) groups is 1. The van der Waals surface area contributed by atoms with E-state index >= 15 is 0 Å². The van der Waals surface area contributed by atoms with Crippen LogP contribution in [0.25, 0.3) is 10.6 Å². The van der Waals surface area contributed by atoms with E-state index in [2.05, 4.69) is 22.5 Å². The first kappa shape index (κ1) is 15.1. The van der Waals surface area contributed by atoms with Gasteiger partial charge in [0.2, 0.25) is 0 Å². The van der Waals surface area contributed by atoms with Crippen molar-refractivity contribution in [2.75, 3.05) is 12.9 Å². The molecule has 0 aliphatic carbocycles. The van der Waals surface area contributed by atoms with Crippen LogP contribution in [-0.2, 0) is 15.3 Å². The van der Waals surface area contributed by atoms with E-state index < -0.39 is 0 Å².